The van der Waals surface area contributed by atoms with E-state index < -0.39 is 77.4 Å². The minimum Gasteiger partial charge on any atom is -0.329 e. The number of hydrogen-bond donors (Lipinski definition) is 1. The van der Waals surface area contributed by atoms with Gasteiger partial charge in [0.05, 0.1) is 12.1 Å². The third-order valence-corrected chi connectivity index (χ3v) is 5.41. The number of nitrogens with zero attached hydrogens (tertiary/aromatic N) is 1. The van der Waals surface area contributed by atoms with Crippen LogP contribution in [0.2, 0.25) is 10.0 Å². The number of amides is 2. The maximum absolute atomic E-state index is 14.9. The molecule has 0 saturated heterocycles. The average molecular weight is 613 g/mol. The van der Waals surface area contributed by atoms with Crippen LogP contribution in [-0.2, 0) is 6.18 Å². The highest BCUT2D eigenvalue weighted by molar-refractivity contribution is 6.34. The molecule has 0 spiro atoms. The molecule has 4 nitrogen and oxygen atoms in total. The van der Waals surface area contributed by atoms with Gasteiger partial charge in [-0.2, -0.15) is 39.5 Å². The lowest BCUT2D eigenvalue weighted by molar-refractivity contribution is -0.140. The summed E-state index contributed by atoms with van der Waals surface area (Å²) in [6.45, 7) is -2.87. The summed E-state index contributed by atoms with van der Waals surface area (Å²) in [4.78, 5) is 24.5. The van der Waals surface area contributed by atoms with Gasteiger partial charge < -0.3 is 10.2 Å². The van der Waals surface area contributed by atoms with Crippen LogP contribution in [0.5, 0.6) is 0 Å². The van der Waals surface area contributed by atoms with Gasteiger partial charge in [0.15, 0.2) is 5.78 Å². The van der Waals surface area contributed by atoms with Crippen molar-refractivity contribution in [2.75, 3.05) is 20.1 Å². The minimum absolute atomic E-state index is 0.0116. The Morgan fingerprint density at radius 1 is 0.949 bits per heavy atom. The van der Waals surface area contributed by atoms with Crippen molar-refractivity contribution in [3.63, 3.8) is 0 Å². The van der Waals surface area contributed by atoms with E-state index in [0.717, 1.165) is 25.2 Å². The van der Waals surface area contributed by atoms with Crippen molar-refractivity contribution in [1.29, 1.82) is 0 Å². The van der Waals surface area contributed by atoms with E-state index in [1.807, 2.05) is 0 Å². The third-order valence-electron chi connectivity index (χ3n) is 4.98. The van der Waals surface area contributed by atoms with Crippen LogP contribution in [0.3, 0.4) is 0 Å². The van der Waals surface area contributed by atoms with Gasteiger partial charge in [0, 0.05) is 28.2 Å². The molecule has 39 heavy (non-hydrogen) atoms. The van der Waals surface area contributed by atoms with Crippen LogP contribution in [0, 0.1) is 0 Å². The van der Waals surface area contributed by atoms with Crippen molar-refractivity contribution in [2.45, 2.75) is 24.4 Å². The van der Waals surface area contributed by atoms with E-state index in [0.29, 0.717) is 17.0 Å². The third kappa shape index (κ3) is 9.31. The molecule has 0 aromatic heterocycles. The van der Waals surface area contributed by atoms with Gasteiger partial charge in [0.1, 0.15) is 18.3 Å². The molecule has 1 unspecified atom stereocenters. The van der Waals surface area contributed by atoms with Crippen LogP contribution in [0.25, 0.3) is 5.83 Å². The summed E-state index contributed by atoms with van der Waals surface area (Å²) in [6.07, 6.45) is -15.2. The quantitative estimate of drug-likeness (QED) is 0.254. The number of carbonyl (C=O) groups is 2. The van der Waals surface area contributed by atoms with E-state index >= 15 is 0 Å². The monoisotopic (exact) mass is 612 g/mol. The van der Waals surface area contributed by atoms with Gasteiger partial charge in [-0.25, -0.2) is 9.18 Å². The number of rotatable bonds is 7. The second-order valence-electron chi connectivity index (χ2n) is 8.05. The van der Waals surface area contributed by atoms with E-state index in [1.165, 1.54) is 5.32 Å². The molecule has 16 heteroatoms. The molecule has 1 N–H and O–H groups in total. The first-order valence-corrected chi connectivity index (χ1v) is 11.1. The molecular weight excluding hydrogens is 597 g/mol. The van der Waals surface area contributed by atoms with Crippen molar-refractivity contribution in [3.05, 3.63) is 74.8 Å². The van der Waals surface area contributed by atoms with Crippen LogP contribution in [0.15, 0.2) is 42.5 Å². The van der Waals surface area contributed by atoms with E-state index in [2.05, 4.69) is 0 Å². The summed E-state index contributed by atoms with van der Waals surface area (Å²) in [5.74, 6) is -5.76. The van der Waals surface area contributed by atoms with E-state index in [1.54, 1.807) is 0 Å². The Hall–Kier alpha value is -3.00. The molecule has 0 aliphatic carbocycles. The van der Waals surface area contributed by atoms with E-state index in [-0.39, 0.29) is 22.2 Å². The Labute approximate surface area is 224 Å². The number of nitrogens with one attached hydrogen (secondary N) is 1. The summed E-state index contributed by atoms with van der Waals surface area (Å²) < 4.78 is 134. The van der Waals surface area contributed by atoms with E-state index in [4.69, 9.17) is 23.2 Å². The normalized spacial score (nSPS) is 13.7. The largest absolute Gasteiger partial charge is 0.417 e. The molecule has 0 aliphatic rings. The van der Waals surface area contributed by atoms with Gasteiger partial charge in [-0.05, 0) is 35.9 Å². The molecular formula is C23H16Cl2F10N2O2. The number of ketones is 1. The highest BCUT2D eigenvalue weighted by Crippen LogP contribution is 2.41. The van der Waals surface area contributed by atoms with E-state index in [9.17, 15) is 53.5 Å². The molecule has 0 radical (unpaired) electrons. The summed E-state index contributed by atoms with van der Waals surface area (Å²) in [7, 11) is 0.840. The molecule has 2 aromatic carbocycles. The smallest absolute Gasteiger partial charge is 0.329 e. The molecule has 0 heterocycles. The summed E-state index contributed by atoms with van der Waals surface area (Å²) >= 11 is 11.4. The van der Waals surface area contributed by atoms with Crippen molar-refractivity contribution >= 4 is 40.8 Å². The fraction of sp³-hybridized carbons (Fsp3) is 0.304. The number of hydrogen-bond acceptors (Lipinski definition) is 2. The fourth-order valence-electron chi connectivity index (χ4n) is 3.23. The van der Waals surface area contributed by atoms with Crippen molar-refractivity contribution < 1.29 is 53.5 Å². The zero-order valence-electron chi connectivity index (χ0n) is 19.3. The van der Waals surface area contributed by atoms with Crippen LogP contribution in [-0.4, -0.2) is 49.2 Å². The lowest BCUT2D eigenvalue weighted by Crippen LogP contribution is -2.43. The summed E-state index contributed by atoms with van der Waals surface area (Å²) in [5, 5.41) is 1.00. The summed E-state index contributed by atoms with van der Waals surface area (Å²) in [5.41, 5.74) is -4.39. The fourth-order valence-corrected chi connectivity index (χ4v) is 3.77. The molecule has 0 aliphatic heterocycles. The Morgan fingerprint density at radius 3 is 2.00 bits per heavy atom. The van der Waals surface area contributed by atoms with Gasteiger partial charge in [0.25, 0.3) is 0 Å². The zero-order valence-corrected chi connectivity index (χ0v) is 20.8. The number of Topliss-reactive ketones (excluding diaryl/α,β-unsaturated/α-hetero) is 1. The number of allylic oxidation sites excluding steroid dienone is 1. The predicted molar refractivity (Wildman–Crippen MR) is 122 cm³/mol. The second-order valence-corrected chi connectivity index (χ2v) is 8.92. The molecule has 2 rings (SSSR count). The first kappa shape index (κ1) is 32.2. The van der Waals surface area contributed by atoms with Crippen molar-refractivity contribution in [1.82, 2.24) is 10.2 Å². The Kier molecular flexibility index (Phi) is 9.93. The highest BCUT2D eigenvalue weighted by atomic mass is 35.5. The lowest BCUT2D eigenvalue weighted by atomic mass is 9.95. The molecule has 2 aromatic rings. The second kappa shape index (κ2) is 12.0. The molecule has 0 bridgehead atoms. The maximum Gasteiger partial charge on any atom is 0.417 e. The lowest BCUT2D eigenvalue weighted by Gasteiger charge is -2.20. The number of carbonyl (C=O) groups excluding carboxylic acids is 2. The first-order valence-electron chi connectivity index (χ1n) is 10.4. The first-order chi connectivity index (χ1) is 17.7. The van der Waals surface area contributed by atoms with Gasteiger partial charge in [0.2, 0.25) is 0 Å². The number of alkyl halides is 9. The topological polar surface area (TPSA) is 49.4 Å². The van der Waals surface area contributed by atoms with Crippen LogP contribution < -0.4 is 5.32 Å². The van der Waals surface area contributed by atoms with Crippen LogP contribution in [0.4, 0.5) is 48.7 Å². The van der Waals surface area contributed by atoms with Gasteiger partial charge in [-0.1, -0.05) is 35.3 Å². The Bertz CT molecular complexity index is 1240. The van der Waals surface area contributed by atoms with Crippen molar-refractivity contribution in [2.24, 2.45) is 0 Å². The molecule has 214 valence electrons. The standard InChI is InChI=1S/C23H16Cl2F10N2O2/c1-37(20(39)36-10-21(27,28)29)9-19(38)15-3-2-11(6-17(15)23(33,34)35)18(26)8-16(22(30,31)32)12-4-13(24)7-14(25)5-12/h2-8,16H,9-10H2,1H3,(H,36,39)/b18-8-. The minimum atomic E-state index is -5.30. The maximum atomic E-state index is 14.9. The van der Waals surface area contributed by atoms with Crippen LogP contribution >= 0.6 is 23.2 Å². The number of likely N-dealkylation sites (N-methyl/N-ethyl adjacent to an activating group) is 1. The van der Waals surface area contributed by atoms with Crippen molar-refractivity contribution in [3.8, 4) is 0 Å². The van der Waals surface area contributed by atoms with Gasteiger partial charge in [-0.15, -0.1) is 0 Å². The average Bonchev–Trinajstić information content (AvgIpc) is 2.77. The Morgan fingerprint density at radius 2 is 1.51 bits per heavy atom. The molecule has 0 fully saturated rings. The van der Waals surface area contributed by atoms with Gasteiger partial charge >= 0.3 is 24.6 Å². The molecule has 1 atom stereocenters. The number of halogens is 12. The highest BCUT2D eigenvalue weighted by Gasteiger charge is 2.41. The number of benzene rings is 2. The SMILES string of the molecule is CN(CC(=O)c1ccc(/C(F)=C/C(c2cc(Cl)cc(Cl)c2)C(F)(F)F)cc1C(F)(F)F)C(=O)NCC(F)(F)F. The predicted octanol–water partition coefficient (Wildman–Crippen LogP) is 8.06. The van der Waals surface area contributed by atoms with Crippen LogP contribution in [0.1, 0.15) is 33.0 Å². The zero-order chi connectivity index (χ0) is 29.9. The molecule has 0 saturated carbocycles. The molecule has 2 amide bonds. The summed E-state index contributed by atoms with van der Waals surface area (Å²) in [6, 6.07) is 2.58. The Balaban J connectivity index is 2.43. The number of urea groups is 1. The van der Waals surface area contributed by atoms with Gasteiger partial charge in [-0.3, -0.25) is 4.79 Å².